The third-order valence-electron chi connectivity index (χ3n) is 5.25. The number of rotatable bonds is 9. The first-order valence-electron chi connectivity index (χ1n) is 10.3. The van der Waals surface area contributed by atoms with Crippen molar-refractivity contribution in [3.63, 3.8) is 0 Å². The van der Waals surface area contributed by atoms with Gasteiger partial charge in [0.15, 0.2) is 11.6 Å². The maximum Gasteiger partial charge on any atom is 0.232 e. The molecule has 2 aromatic carbocycles. The number of hydrogen-bond donors (Lipinski definition) is 1. The van der Waals surface area contributed by atoms with Gasteiger partial charge in [-0.3, -0.25) is 9.10 Å². The maximum atomic E-state index is 13.5. The largest absolute Gasteiger partial charge is 0.372 e. The van der Waals surface area contributed by atoms with Crippen molar-refractivity contribution in [2.75, 3.05) is 35.1 Å². The predicted octanol–water partition coefficient (Wildman–Crippen LogP) is 3.43. The summed E-state index contributed by atoms with van der Waals surface area (Å²) in [6.07, 6.45) is 3.77. The molecule has 2 aromatic rings. The lowest BCUT2D eigenvalue weighted by Crippen LogP contribution is -2.32. The highest BCUT2D eigenvalue weighted by Crippen LogP contribution is 2.22. The van der Waals surface area contributed by atoms with E-state index in [0.29, 0.717) is 6.54 Å². The summed E-state index contributed by atoms with van der Waals surface area (Å²) in [5.74, 6) is -2.38. The van der Waals surface area contributed by atoms with E-state index in [1.54, 1.807) is 0 Å². The van der Waals surface area contributed by atoms with Crippen molar-refractivity contribution in [2.24, 2.45) is 0 Å². The molecule has 6 nitrogen and oxygen atoms in total. The minimum Gasteiger partial charge on any atom is -0.372 e. The third-order valence-corrected chi connectivity index (χ3v) is 6.45. The number of hydrogen-bond acceptors (Lipinski definition) is 4. The smallest absolute Gasteiger partial charge is 0.232 e. The van der Waals surface area contributed by atoms with Gasteiger partial charge in [-0.2, -0.15) is 0 Å². The van der Waals surface area contributed by atoms with Crippen LogP contribution in [0, 0.1) is 11.6 Å². The second-order valence-electron chi connectivity index (χ2n) is 7.67. The van der Waals surface area contributed by atoms with Crippen molar-refractivity contribution in [2.45, 2.75) is 32.2 Å². The summed E-state index contributed by atoms with van der Waals surface area (Å²) >= 11 is 0. The fourth-order valence-electron chi connectivity index (χ4n) is 3.60. The number of benzene rings is 2. The van der Waals surface area contributed by atoms with E-state index < -0.39 is 21.7 Å². The Morgan fingerprint density at radius 1 is 1.06 bits per heavy atom. The molecule has 0 saturated carbocycles. The summed E-state index contributed by atoms with van der Waals surface area (Å²) in [5, 5.41) is 2.83. The fourth-order valence-corrected chi connectivity index (χ4v) is 4.56. The molecule has 1 aliphatic rings. The molecule has 0 aromatic heterocycles. The van der Waals surface area contributed by atoms with Crippen LogP contribution in [0.25, 0.3) is 0 Å². The molecular formula is C22H27F2N3O3S. The predicted molar refractivity (Wildman–Crippen MR) is 118 cm³/mol. The first-order valence-corrected chi connectivity index (χ1v) is 12.1. The Labute approximate surface area is 181 Å². The van der Waals surface area contributed by atoms with Crippen molar-refractivity contribution >= 4 is 27.3 Å². The van der Waals surface area contributed by atoms with Gasteiger partial charge in [-0.25, -0.2) is 17.2 Å². The second-order valence-corrected chi connectivity index (χ2v) is 9.58. The first kappa shape index (κ1) is 23.0. The average Bonchev–Trinajstić information content (AvgIpc) is 3.26. The number of amides is 1. The average molecular weight is 452 g/mol. The number of nitrogens with one attached hydrogen (secondary N) is 1. The van der Waals surface area contributed by atoms with E-state index in [9.17, 15) is 22.0 Å². The summed E-state index contributed by atoms with van der Waals surface area (Å²) in [4.78, 5) is 14.5. The maximum absolute atomic E-state index is 13.5. The molecule has 9 heteroatoms. The summed E-state index contributed by atoms with van der Waals surface area (Å²) in [5.41, 5.74) is 2.20. The molecule has 1 saturated heterocycles. The van der Waals surface area contributed by atoms with E-state index >= 15 is 0 Å². The van der Waals surface area contributed by atoms with Crippen LogP contribution in [-0.2, 0) is 21.4 Å². The van der Waals surface area contributed by atoms with E-state index in [-0.39, 0.29) is 31.0 Å². The van der Waals surface area contributed by atoms with Crippen LogP contribution >= 0.6 is 0 Å². The van der Waals surface area contributed by atoms with Crippen LogP contribution in [0.5, 0.6) is 0 Å². The molecule has 0 aliphatic carbocycles. The van der Waals surface area contributed by atoms with Gasteiger partial charge < -0.3 is 10.2 Å². The molecule has 0 unspecified atom stereocenters. The summed E-state index contributed by atoms with van der Waals surface area (Å²) in [6, 6.07) is 11.0. The number of sulfonamides is 1. The Balaban J connectivity index is 1.48. The molecule has 0 atom stereocenters. The van der Waals surface area contributed by atoms with Crippen molar-refractivity contribution in [3.8, 4) is 0 Å². The van der Waals surface area contributed by atoms with Crippen LogP contribution in [-0.4, -0.2) is 40.2 Å². The van der Waals surface area contributed by atoms with Crippen molar-refractivity contribution in [1.29, 1.82) is 0 Å². The molecule has 1 aliphatic heterocycles. The SMILES string of the molecule is CS(=O)(=O)N(CCCC(=O)NCc1ccc(N2CCCC2)cc1)c1ccc(F)c(F)c1. The molecule has 1 N–H and O–H groups in total. The summed E-state index contributed by atoms with van der Waals surface area (Å²) in [7, 11) is -3.70. The number of carbonyl (C=O) groups excluding carboxylic acids is 1. The van der Waals surface area contributed by atoms with Gasteiger partial charge in [0.1, 0.15) is 0 Å². The Morgan fingerprint density at radius 3 is 2.35 bits per heavy atom. The third kappa shape index (κ3) is 6.40. The van der Waals surface area contributed by atoms with Crippen LogP contribution in [0.4, 0.5) is 20.2 Å². The minimum absolute atomic E-state index is 0.0120. The highest BCUT2D eigenvalue weighted by atomic mass is 32.2. The van der Waals surface area contributed by atoms with Crippen molar-refractivity contribution in [1.82, 2.24) is 5.32 Å². The first-order chi connectivity index (χ1) is 14.7. The lowest BCUT2D eigenvalue weighted by Gasteiger charge is -2.22. The van der Waals surface area contributed by atoms with Gasteiger partial charge in [0.05, 0.1) is 11.9 Å². The van der Waals surface area contributed by atoms with Gasteiger partial charge in [-0.1, -0.05) is 12.1 Å². The zero-order valence-corrected chi connectivity index (χ0v) is 18.3. The molecule has 168 valence electrons. The number of halogens is 2. The molecule has 31 heavy (non-hydrogen) atoms. The standard InChI is InChI=1S/C22H27F2N3O3S/c1-31(29,30)27(19-10-11-20(23)21(24)15-19)14-4-5-22(28)25-16-17-6-8-18(9-7-17)26-12-2-3-13-26/h6-11,15H,2-5,12-14,16H2,1H3,(H,25,28). The van der Waals surface area contributed by atoms with Crippen LogP contribution in [0.15, 0.2) is 42.5 Å². The molecule has 3 rings (SSSR count). The van der Waals surface area contributed by atoms with Crippen LogP contribution in [0.1, 0.15) is 31.2 Å². The van der Waals surface area contributed by atoms with E-state index in [1.807, 2.05) is 12.1 Å². The lowest BCUT2D eigenvalue weighted by molar-refractivity contribution is -0.121. The molecule has 0 spiro atoms. The highest BCUT2D eigenvalue weighted by Gasteiger charge is 2.19. The van der Waals surface area contributed by atoms with Gasteiger partial charge in [0, 0.05) is 44.4 Å². The number of nitrogens with zero attached hydrogens (tertiary/aromatic N) is 2. The molecular weight excluding hydrogens is 424 g/mol. The quantitative estimate of drug-likeness (QED) is 0.634. The summed E-state index contributed by atoms with van der Waals surface area (Å²) in [6.45, 7) is 2.52. The van der Waals surface area contributed by atoms with Crippen molar-refractivity contribution in [3.05, 3.63) is 59.7 Å². The van der Waals surface area contributed by atoms with E-state index in [4.69, 9.17) is 0 Å². The number of anilines is 2. The topological polar surface area (TPSA) is 69.7 Å². The Hall–Kier alpha value is -2.68. The summed E-state index contributed by atoms with van der Waals surface area (Å²) < 4.78 is 51.7. The molecule has 0 bridgehead atoms. The lowest BCUT2D eigenvalue weighted by atomic mass is 10.2. The van der Waals surface area contributed by atoms with Gasteiger partial charge in [0.2, 0.25) is 15.9 Å². The highest BCUT2D eigenvalue weighted by molar-refractivity contribution is 7.92. The zero-order chi connectivity index (χ0) is 22.4. The van der Waals surface area contributed by atoms with Crippen LogP contribution < -0.4 is 14.5 Å². The van der Waals surface area contributed by atoms with E-state index in [2.05, 4.69) is 22.3 Å². The van der Waals surface area contributed by atoms with Gasteiger partial charge in [0.25, 0.3) is 0 Å². The van der Waals surface area contributed by atoms with Gasteiger partial charge >= 0.3 is 0 Å². The molecule has 1 amide bonds. The second kappa shape index (κ2) is 10.1. The Bertz CT molecular complexity index is 1010. The Kier molecular flexibility index (Phi) is 7.48. The van der Waals surface area contributed by atoms with Gasteiger partial charge in [-0.05, 0) is 49.1 Å². The fraction of sp³-hybridized carbons (Fsp3) is 0.409. The molecule has 1 heterocycles. The zero-order valence-electron chi connectivity index (χ0n) is 17.5. The molecule has 0 radical (unpaired) electrons. The monoisotopic (exact) mass is 451 g/mol. The van der Waals surface area contributed by atoms with Gasteiger partial charge in [-0.15, -0.1) is 0 Å². The Morgan fingerprint density at radius 2 is 1.74 bits per heavy atom. The minimum atomic E-state index is -3.70. The van der Waals surface area contributed by atoms with Crippen LogP contribution in [0.2, 0.25) is 0 Å². The van der Waals surface area contributed by atoms with E-state index in [1.165, 1.54) is 24.6 Å². The number of carbonyl (C=O) groups is 1. The van der Waals surface area contributed by atoms with Crippen LogP contribution in [0.3, 0.4) is 0 Å². The van der Waals surface area contributed by atoms with Crippen molar-refractivity contribution < 1.29 is 22.0 Å². The normalized spacial score (nSPS) is 14.0. The van der Waals surface area contributed by atoms with E-state index in [0.717, 1.165) is 41.3 Å². The molecule has 1 fully saturated rings.